The van der Waals surface area contributed by atoms with Crippen molar-refractivity contribution in [3.05, 3.63) is 11.4 Å². The molecule has 1 aromatic heterocycles. The number of carbonyl (C=O) groups excluding carboxylic acids is 3. The zero-order valence-corrected chi connectivity index (χ0v) is 27.4. The number of hydrogen-bond acceptors (Lipinski definition) is 8. The van der Waals surface area contributed by atoms with Crippen molar-refractivity contribution < 1.29 is 28.6 Å². The van der Waals surface area contributed by atoms with E-state index < -0.39 is 11.9 Å². The van der Waals surface area contributed by atoms with Crippen molar-refractivity contribution >= 4 is 17.9 Å². The van der Waals surface area contributed by atoms with Gasteiger partial charge in [0.1, 0.15) is 0 Å². The van der Waals surface area contributed by atoms with Crippen LogP contribution in [-0.2, 0) is 25.5 Å². The van der Waals surface area contributed by atoms with Crippen LogP contribution >= 0.6 is 0 Å². The lowest BCUT2D eigenvalue weighted by molar-refractivity contribution is -0.144. The summed E-state index contributed by atoms with van der Waals surface area (Å²) < 4.78 is 18.0. The average Bonchev–Trinajstić information content (AvgIpc) is 3.44. The molecule has 9 nitrogen and oxygen atoms in total. The fraction of sp³-hybridized carbons (Fsp3) is 0.794. The summed E-state index contributed by atoms with van der Waals surface area (Å²) in [5.74, 6) is 1.62. The van der Waals surface area contributed by atoms with Crippen LogP contribution in [0.2, 0.25) is 0 Å². The molecule has 1 heterocycles. The zero-order valence-electron chi connectivity index (χ0n) is 27.4. The highest BCUT2D eigenvalue weighted by Crippen LogP contribution is 2.18. The molecule has 0 N–H and O–H groups in total. The summed E-state index contributed by atoms with van der Waals surface area (Å²) >= 11 is 0. The molecule has 0 fully saturated rings. The first-order valence-corrected chi connectivity index (χ1v) is 16.8. The lowest BCUT2D eigenvalue weighted by atomic mass is 10.0. The highest BCUT2D eigenvalue weighted by molar-refractivity contribution is 6.00. The van der Waals surface area contributed by atoms with Crippen LogP contribution in [0, 0.1) is 24.2 Å². The average molecular weight is 604 g/mol. The summed E-state index contributed by atoms with van der Waals surface area (Å²) in [4.78, 5) is 38.4. The minimum absolute atomic E-state index is 0.00878. The van der Waals surface area contributed by atoms with Gasteiger partial charge in [0.15, 0.2) is 5.69 Å². The molecule has 2 atom stereocenters. The second kappa shape index (κ2) is 24.5. The van der Waals surface area contributed by atoms with Crippen molar-refractivity contribution in [1.82, 2.24) is 15.0 Å². The van der Waals surface area contributed by atoms with Crippen molar-refractivity contribution in [2.24, 2.45) is 11.8 Å². The number of esters is 3. The molecule has 1 aromatic rings. The third kappa shape index (κ3) is 16.5. The van der Waals surface area contributed by atoms with E-state index in [0.29, 0.717) is 12.8 Å². The summed E-state index contributed by atoms with van der Waals surface area (Å²) in [5, 5.41) is 8.09. The zero-order chi connectivity index (χ0) is 31.7. The van der Waals surface area contributed by atoms with Crippen LogP contribution in [0.1, 0.15) is 158 Å². The van der Waals surface area contributed by atoms with Gasteiger partial charge in [0.05, 0.1) is 19.8 Å². The standard InChI is InChI=1S/C34H57N3O6/c1-6-11-14-15-16-17-18-19-23-30(38)41-25-20-24-37-32(34(40)43-27-29(10-5)22-13-8-3)31(35-36-37)33(39)42-26-28(9-4)21-12-7-2/h1,28-29H,7-27H2,2-5H3. The van der Waals surface area contributed by atoms with Crippen LogP contribution in [0.15, 0.2) is 0 Å². The molecule has 0 saturated heterocycles. The van der Waals surface area contributed by atoms with Crippen molar-refractivity contribution in [2.45, 2.75) is 143 Å². The number of hydrogen-bond donors (Lipinski definition) is 0. The minimum atomic E-state index is -0.673. The Bertz CT molecular complexity index is 954. The molecular weight excluding hydrogens is 546 g/mol. The second-order valence-electron chi connectivity index (χ2n) is 11.4. The van der Waals surface area contributed by atoms with Crippen molar-refractivity contribution in [1.29, 1.82) is 0 Å². The van der Waals surface area contributed by atoms with Crippen molar-refractivity contribution in [3.63, 3.8) is 0 Å². The third-order valence-electron chi connectivity index (χ3n) is 7.84. The molecule has 0 amide bonds. The maximum absolute atomic E-state index is 13.2. The van der Waals surface area contributed by atoms with Gasteiger partial charge in [0.2, 0.25) is 5.69 Å². The molecule has 43 heavy (non-hydrogen) atoms. The van der Waals surface area contributed by atoms with Gasteiger partial charge in [-0.25, -0.2) is 14.3 Å². The Kier molecular flexibility index (Phi) is 21.8. The number of aryl methyl sites for hydroxylation is 1. The number of rotatable bonds is 26. The SMILES string of the molecule is C#CCCCCCCCCC(=O)OCCCn1nnc(C(=O)OCC(CC)CCCC)c1C(=O)OCC(CC)CCCC. The molecule has 2 unspecified atom stereocenters. The van der Waals surface area contributed by atoms with E-state index >= 15 is 0 Å². The van der Waals surface area contributed by atoms with Gasteiger partial charge in [-0.05, 0) is 37.5 Å². The molecule has 0 aliphatic rings. The summed E-state index contributed by atoms with van der Waals surface area (Å²) in [5.41, 5.74) is -0.140. The van der Waals surface area contributed by atoms with E-state index in [-0.39, 0.29) is 55.6 Å². The quantitative estimate of drug-likeness (QED) is 0.0458. The molecular formula is C34H57N3O6. The number of unbranched alkanes of at least 4 members (excludes halogenated alkanes) is 8. The van der Waals surface area contributed by atoms with E-state index in [0.717, 1.165) is 96.3 Å². The molecule has 1 rings (SSSR count). The topological polar surface area (TPSA) is 110 Å². The van der Waals surface area contributed by atoms with Crippen LogP contribution in [-0.4, -0.2) is 52.7 Å². The van der Waals surface area contributed by atoms with E-state index in [1.165, 1.54) is 4.68 Å². The smallest absolute Gasteiger partial charge is 0.361 e. The number of aromatic nitrogens is 3. The highest BCUT2D eigenvalue weighted by atomic mass is 16.5. The van der Waals surface area contributed by atoms with E-state index in [1.54, 1.807) is 0 Å². The van der Waals surface area contributed by atoms with Crippen molar-refractivity contribution in [2.75, 3.05) is 19.8 Å². The Labute approximate surface area is 260 Å². The molecule has 0 aliphatic heterocycles. The Morgan fingerprint density at radius 2 is 1.35 bits per heavy atom. The maximum Gasteiger partial charge on any atom is 0.361 e. The van der Waals surface area contributed by atoms with Gasteiger partial charge < -0.3 is 14.2 Å². The Balaban J connectivity index is 2.72. The number of carbonyl (C=O) groups is 3. The van der Waals surface area contributed by atoms with E-state index in [4.69, 9.17) is 20.6 Å². The molecule has 244 valence electrons. The van der Waals surface area contributed by atoms with Gasteiger partial charge in [-0.1, -0.05) is 97.1 Å². The summed E-state index contributed by atoms with van der Waals surface area (Å²) in [6, 6.07) is 0. The fourth-order valence-electron chi connectivity index (χ4n) is 4.81. The van der Waals surface area contributed by atoms with E-state index in [9.17, 15) is 14.4 Å². The highest BCUT2D eigenvalue weighted by Gasteiger charge is 2.29. The molecule has 0 bridgehead atoms. The summed E-state index contributed by atoms with van der Waals surface area (Å²) in [6.07, 6.45) is 21.1. The second-order valence-corrected chi connectivity index (χ2v) is 11.4. The van der Waals surface area contributed by atoms with Gasteiger partial charge in [-0.2, -0.15) is 0 Å². The van der Waals surface area contributed by atoms with Gasteiger partial charge in [0, 0.05) is 25.8 Å². The van der Waals surface area contributed by atoms with Gasteiger partial charge in [-0.15, -0.1) is 17.4 Å². The lowest BCUT2D eigenvalue weighted by Crippen LogP contribution is -2.22. The Hall–Kier alpha value is -2.89. The summed E-state index contributed by atoms with van der Waals surface area (Å²) in [7, 11) is 0. The number of terminal acetylenes is 1. The Morgan fingerprint density at radius 3 is 1.93 bits per heavy atom. The molecule has 0 aliphatic carbocycles. The van der Waals surface area contributed by atoms with Crippen LogP contribution in [0.25, 0.3) is 0 Å². The maximum atomic E-state index is 13.2. The van der Waals surface area contributed by atoms with E-state index in [2.05, 4.69) is 43.9 Å². The summed E-state index contributed by atoms with van der Waals surface area (Å²) in [6.45, 7) is 9.39. The van der Waals surface area contributed by atoms with E-state index in [1.807, 2.05) is 0 Å². The molecule has 0 aromatic carbocycles. The predicted octanol–water partition coefficient (Wildman–Crippen LogP) is 7.71. The number of nitrogens with zero attached hydrogens (tertiary/aromatic N) is 3. The third-order valence-corrected chi connectivity index (χ3v) is 7.84. The van der Waals surface area contributed by atoms with Gasteiger partial charge >= 0.3 is 17.9 Å². The molecule has 0 saturated carbocycles. The largest absolute Gasteiger partial charge is 0.466 e. The van der Waals surface area contributed by atoms with Crippen molar-refractivity contribution in [3.8, 4) is 12.3 Å². The molecule has 9 heteroatoms. The first kappa shape index (κ1) is 38.1. The van der Waals surface area contributed by atoms with Crippen LogP contribution in [0.3, 0.4) is 0 Å². The molecule has 0 radical (unpaired) electrons. The number of ether oxygens (including phenoxy) is 3. The molecule has 0 spiro atoms. The van der Waals surface area contributed by atoms with Crippen LogP contribution < -0.4 is 0 Å². The van der Waals surface area contributed by atoms with Gasteiger partial charge in [0.25, 0.3) is 0 Å². The van der Waals surface area contributed by atoms with Gasteiger partial charge in [-0.3, -0.25) is 4.79 Å². The first-order chi connectivity index (χ1) is 20.9. The Morgan fingerprint density at radius 1 is 0.767 bits per heavy atom. The monoisotopic (exact) mass is 603 g/mol. The van der Waals surface area contributed by atoms with Crippen LogP contribution in [0.4, 0.5) is 0 Å². The normalized spacial score (nSPS) is 12.3. The predicted molar refractivity (Wildman–Crippen MR) is 169 cm³/mol. The minimum Gasteiger partial charge on any atom is -0.466 e. The van der Waals surface area contributed by atoms with Crippen LogP contribution in [0.5, 0.6) is 0 Å². The lowest BCUT2D eigenvalue weighted by Gasteiger charge is -2.16. The fourth-order valence-corrected chi connectivity index (χ4v) is 4.81. The first-order valence-electron chi connectivity index (χ1n) is 16.8.